The molecule has 0 spiro atoms. The highest BCUT2D eigenvalue weighted by atomic mass is 16.6. The second kappa shape index (κ2) is 20.5. The van der Waals surface area contributed by atoms with Crippen molar-refractivity contribution in [2.75, 3.05) is 19.8 Å². The Morgan fingerprint density at radius 2 is 0.967 bits per heavy atom. The summed E-state index contributed by atoms with van der Waals surface area (Å²) in [5.41, 5.74) is 0. The molecule has 0 atom stereocenters. The molecule has 6 heteroatoms. The highest BCUT2D eigenvalue weighted by molar-refractivity contribution is 5.96. The molecule has 0 rings (SSSR count). The fourth-order valence-electron chi connectivity index (χ4n) is 3.26. The molecule has 1 N–H and O–H groups in total. The zero-order chi connectivity index (χ0) is 22.5. The lowest BCUT2D eigenvalue weighted by molar-refractivity contribution is -0.146. The van der Waals surface area contributed by atoms with Crippen LogP contribution >= 0.6 is 0 Å². The Morgan fingerprint density at radius 1 is 0.567 bits per heavy atom. The van der Waals surface area contributed by atoms with Crippen LogP contribution in [-0.4, -0.2) is 36.9 Å². The molecule has 0 aliphatic rings. The Labute approximate surface area is 183 Å². The van der Waals surface area contributed by atoms with Gasteiger partial charge in [-0.05, 0) is 20.3 Å². The number of unbranched alkanes of at least 4 members (excludes halogenated alkanes) is 13. The third kappa shape index (κ3) is 15.2. The summed E-state index contributed by atoms with van der Waals surface area (Å²) in [6, 6.07) is 0. The second-order valence-electron chi connectivity index (χ2n) is 7.56. The van der Waals surface area contributed by atoms with Gasteiger partial charge in [0.05, 0.1) is 19.8 Å². The molecule has 0 aromatic rings. The molecule has 0 radical (unpaired) electrons. The normalized spacial score (nSPS) is 11.7. The zero-order valence-corrected chi connectivity index (χ0v) is 19.5. The Kier molecular flexibility index (Phi) is 19.4. The minimum absolute atomic E-state index is 0.129. The molecule has 0 bridgehead atoms. The molecule has 0 unspecified atom stereocenters. The monoisotopic (exact) mass is 428 g/mol. The Bertz CT molecular complexity index is 472. The number of ether oxygens (including phenoxy) is 3. The SMILES string of the molecule is CCCCCCCCCCCCCCCCOC(=O)C(OCC)=C(OCC)C(=O)O. The van der Waals surface area contributed by atoms with Gasteiger partial charge in [-0.1, -0.05) is 90.4 Å². The van der Waals surface area contributed by atoms with Crippen molar-refractivity contribution >= 4 is 11.9 Å². The highest BCUT2D eigenvalue weighted by Crippen LogP contribution is 2.14. The van der Waals surface area contributed by atoms with Crippen molar-refractivity contribution in [2.24, 2.45) is 0 Å². The van der Waals surface area contributed by atoms with E-state index in [2.05, 4.69) is 6.92 Å². The van der Waals surface area contributed by atoms with Crippen LogP contribution in [0.1, 0.15) is 111 Å². The van der Waals surface area contributed by atoms with Gasteiger partial charge in [-0.25, -0.2) is 9.59 Å². The molecule has 0 amide bonds. The van der Waals surface area contributed by atoms with E-state index in [4.69, 9.17) is 14.2 Å². The number of hydrogen-bond donors (Lipinski definition) is 1. The first kappa shape index (κ1) is 28.3. The van der Waals surface area contributed by atoms with E-state index in [1.807, 2.05) is 0 Å². The summed E-state index contributed by atoms with van der Waals surface area (Å²) in [7, 11) is 0. The van der Waals surface area contributed by atoms with Gasteiger partial charge in [0.2, 0.25) is 0 Å². The molecule has 0 heterocycles. The van der Waals surface area contributed by atoms with E-state index in [-0.39, 0.29) is 25.6 Å². The van der Waals surface area contributed by atoms with E-state index < -0.39 is 17.7 Å². The summed E-state index contributed by atoms with van der Waals surface area (Å²) >= 11 is 0. The first-order chi connectivity index (χ1) is 14.6. The van der Waals surface area contributed by atoms with Crippen LogP contribution in [0.2, 0.25) is 0 Å². The standard InChI is InChI=1S/C24H44O6/c1-4-7-8-9-10-11-12-13-14-15-16-17-18-19-20-30-24(27)22(29-6-3)21(23(25)26)28-5-2/h4-20H2,1-3H3,(H,25,26). The van der Waals surface area contributed by atoms with Crippen molar-refractivity contribution in [3.05, 3.63) is 11.5 Å². The quantitative estimate of drug-likeness (QED) is 0.0988. The van der Waals surface area contributed by atoms with Gasteiger partial charge in [-0.2, -0.15) is 0 Å². The maximum absolute atomic E-state index is 12.1. The van der Waals surface area contributed by atoms with Crippen LogP contribution < -0.4 is 0 Å². The number of carbonyl (C=O) groups is 2. The Morgan fingerprint density at radius 3 is 1.37 bits per heavy atom. The molecule has 30 heavy (non-hydrogen) atoms. The average molecular weight is 429 g/mol. The third-order valence-corrected chi connectivity index (χ3v) is 4.89. The lowest BCUT2D eigenvalue weighted by Gasteiger charge is -2.12. The molecular weight excluding hydrogens is 384 g/mol. The summed E-state index contributed by atoms with van der Waals surface area (Å²) in [5.74, 6) is -2.98. The molecular formula is C24H44O6. The first-order valence-electron chi connectivity index (χ1n) is 12.0. The number of carboxylic acid groups (broad SMARTS) is 1. The predicted octanol–water partition coefficient (Wildman–Crippen LogP) is 6.38. The lowest BCUT2D eigenvalue weighted by Crippen LogP contribution is -2.19. The number of carbonyl (C=O) groups excluding carboxylic acids is 1. The Balaban J connectivity index is 3.78. The minimum Gasteiger partial charge on any atom is -0.484 e. The topological polar surface area (TPSA) is 82.1 Å². The van der Waals surface area contributed by atoms with Crippen LogP contribution in [0, 0.1) is 0 Å². The molecule has 0 aliphatic heterocycles. The largest absolute Gasteiger partial charge is 0.484 e. The van der Waals surface area contributed by atoms with Crippen molar-refractivity contribution in [1.29, 1.82) is 0 Å². The van der Waals surface area contributed by atoms with E-state index in [1.54, 1.807) is 13.8 Å². The van der Waals surface area contributed by atoms with Crippen LogP contribution in [0.5, 0.6) is 0 Å². The molecule has 6 nitrogen and oxygen atoms in total. The fraction of sp³-hybridized carbons (Fsp3) is 0.833. The van der Waals surface area contributed by atoms with E-state index in [1.165, 1.54) is 70.6 Å². The van der Waals surface area contributed by atoms with Gasteiger partial charge in [0, 0.05) is 0 Å². The van der Waals surface area contributed by atoms with Crippen LogP contribution in [-0.2, 0) is 23.8 Å². The lowest BCUT2D eigenvalue weighted by atomic mass is 10.0. The average Bonchev–Trinajstić information content (AvgIpc) is 2.73. The zero-order valence-electron chi connectivity index (χ0n) is 19.5. The van der Waals surface area contributed by atoms with E-state index in [0.717, 1.165) is 19.3 Å². The summed E-state index contributed by atoms with van der Waals surface area (Å²) in [5, 5.41) is 9.18. The van der Waals surface area contributed by atoms with Gasteiger partial charge < -0.3 is 19.3 Å². The number of rotatable bonds is 21. The van der Waals surface area contributed by atoms with Crippen molar-refractivity contribution in [1.82, 2.24) is 0 Å². The number of hydrogen-bond acceptors (Lipinski definition) is 5. The second-order valence-corrected chi connectivity index (χ2v) is 7.56. The Hall–Kier alpha value is -1.72. The molecule has 176 valence electrons. The summed E-state index contributed by atoms with van der Waals surface area (Å²) < 4.78 is 15.4. The molecule has 0 aromatic carbocycles. The number of aliphatic carboxylic acids is 1. The number of carboxylic acids is 1. The van der Waals surface area contributed by atoms with Crippen molar-refractivity contribution in [3.63, 3.8) is 0 Å². The van der Waals surface area contributed by atoms with E-state index >= 15 is 0 Å². The highest BCUT2D eigenvalue weighted by Gasteiger charge is 2.25. The van der Waals surface area contributed by atoms with Crippen LogP contribution in [0.25, 0.3) is 0 Å². The molecule has 0 aromatic heterocycles. The smallest absolute Gasteiger partial charge is 0.377 e. The van der Waals surface area contributed by atoms with Crippen LogP contribution in [0.3, 0.4) is 0 Å². The molecule has 0 fully saturated rings. The maximum Gasteiger partial charge on any atom is 0.377 e. The number of esters is 1. The molecule has 0 saturated heterocycles. The summed E-state index contributed by atoms with van der Waals surface area (Å²) in [4.78, 5) is 23.4. The van der Waals surface area contributed by atoms with Crippen molar-refractivity contribution < 1.29 is 28.9 Å². The van der Waals surface area contributed by atoms with E-state index in [0.29, 0.717) is 0 Å². The van der Waals surface area contributed by atoms with Crippen LogP contribution in [0.4, 0.5) is 0 Å². The predicted molar refractivity (Wildman–Crippen MR) is 119 cm³/mol. The maximum atomic E-state index is 12.1. The first-order valence-corrected chi connectivity index (χ1v) is 12.0. The van der Waals surface area contributed by atoms with Crippen molar-refractivity contribution in [3.8, 4) is 0 Å². The van der Waals surface area contributed by atoms with Crippen LogP contribution in [0.15, 0.2) is 11.5 Å². The molecule has 0 saturated carbocycles. The fourth-order valence-corrected chi connectivity index (χ4v) is 3.26. The van der Waals surface area contributed by atoms with Crippen molar-refractivity contribution in [2.45, 2.75) is 111 Å². The van der Waals surface area contributed by atoms with Gasteiger partial charge >= 0.3 is 11.9 Å². The van der Waals surface area contributed by atoms with E-state index in [9.17, 15) is 14.7 Å². The third-order valence-electron chi connectivity index (χ3n) is 4.89. The summed E-state index contributed by atoms with van der Waals surface area (Å²) in [6.07, 6.45) is 17.6. The van der Waals surface area contributed by atoms with Gasteiger partial charge in [0.25, 0.3) is 11.5 Å². The van der Waals surface area contributed by atoms with Gasteiger partial charge in [-0.15, -0.1) is 0 Å². The van der Waals surface area contributed by atoms with Gasteiger partial charge in [0.15, 0.2) is 0 Å². The minimum atomic E-state index is -1.34. The van der Waals surface area contributed by atoms with Gasteiger partial charge in [-0.3, -0.25) is 0 Å². The summed E-state index contributed by atoms with van der Waals surface area (Å²) in [6.45, 7) is 6.12. The van der Waals surface area contributed by atoms with Gasteiger partial charge in [0.1, 0.15) is 0 Å². The molecule has 0 aliphatic carbocycles.